The Morgan fingerprint density at radius 3 is 2.89 bits per heavy atom. The van der Waals surface area contributed by atoms with Crippen LogP contribution in [0.5, 0.6) is 5.75 Å². The van der Waals surface area contributed by atoms with Gasteiger partial charge < -0.3 is 14.5 Å². The highest BCUT2D eigenvalue weighted by atomic mass is 16.5. The molecule has 18 heavy (non-hydrogen) atoms. The van der Waals surface area contributed by atoms with E-state index in [1.54, 1.807) is 18.2 Å². The standard InChI is InChI=1S/C13H14N2O3/c1-9-12(18-8-15-9)7-14-13(16)10-5-3-4-6-11(10)17-2/h3-6,8H,7H2,1-2H3,(H,14,16). The van der Waals surface area contributed by atoms with Crippen LogP contribution in [0.3, 0.4) is 0 Å². The molecule has 0 saturated carbocycles. The van der Waals surface area contributed by atoms with Crippen LogP contribution in [0.15, 0.2) is 35.1 Å². The van der Waals surface area contributed by atoms with E-state index in [0.717, 1.165) is 5.69 Å². The summed E-state index contributed by atoms with van der Waals surface area (Å²) in [4.78, 5) is 15.9. The van der Waals surface area contributed by atoms with Crippen molar-refractivity contribution in [3.8, 4) is 5.75 Å². The Bertz CT molecular complexity index is 549. The first-order valence-electron chi connectivity index (χ1n) is 5.52. The van der Waals surface area contributed by atoms with Crippen LogP contribution in [0.1, 0.15) is 21.8 Å². The average molecular weight is 246 g/mol. The van der Waals surface area contributed by atoms with Crippen molar-refractivity contribution < 1.29 is 13.9 Å². The molecule has 1 aromatic heterocycles. The van der Waals surface area contributed by atoms with Crippen molar-refractivity contribution in [2.45, 2.75) is 13.5 Å². The van der Waals surface area contributed by atoms with Gasteiger partial charge in [0.1, 0.15) is 11.5 Å². The lowest BCUT2D eigenvalue weighted by atomic mass is 10.2. The molecule has 0 spiro atoms. The van der Waals surface area contributed by atoms with Gasteiger partial charge in [-0.3, -0.25) is 4.79 Å². The summed E-state index contributed by atoms with van der Waals surface area (Å²) in [5.41, 5.74) is 1.27. The van der Waals surface area contributed by atoms with Crippen LogP contribution in [0, 0.1) is 6.92 Å². The number of carbonyl (C=O) groups is 1. The monoisotopic (exact) mass is 246 g/mol. The van der Waals surface area contributed by atoms with Gasteiger partial charge in [0.15, 0.2) is 6.39 Å². The van der Waals surface area contributed by atoms with Crippen molar-refractivity contribution in [3.63, 3.8) is 0 Å². The molecule has 0 aliphatic heterocycles. The van der Waals surface area contributed by atoms with Gasteiger partial charge in [-0.25, -0.2) is 4.98 Å². The smallest absolute Gasteiger partial charge is 0.255 e. The normalized spacial score (nSPS) is 10.1. The van der Waals surface area contributed by atoms with Crippen molar-refractivity contribution >= 4 is 5.91 Å². The molecule has 5 heteroatoms. The topological polar surface area (TPSA) is 64.4 Å². The van der Waals surface area contributed by atoms with Gasteiger partial charge in [0, 0.05) is 0 Å². The van der Waals surface area contributed by atoms with Crippen LogP contribution < -0.4 is 10.1 Å². The maximum atomic E-state index is 12.0. The Balaban J connectivity index is 2.06. The summed E-state index contributed by atoms with van der Waals surface area (Å²) in [6.07, 6.45) is 1.36. The molecule has 0 saturated heterocycles. The molecule has 0 radical (unpaired) electrons. The number of aromatic nitrogens is 1. The molecule has 2 rings (SSSR count). The number of carbonyl (C=O) groups excluding carboxylic acids is 1. The number of aryl methyl sites for hydroxylation is 1. The lowest BCUT2D eigenvalue weighted by molar-refractivity contribution is 0.0945. The molecule has 1 aromatic carbocycles. The fourth-order valence-corrected chi connectivity index (χ4v) is 1.58. The Hall–Kier alpha value is -2.30. The van der Waals surface area contributed by atoms with Crippen LogP contribution >= 0.6 is 0 Å². The molecule has 1 amide bonds. The van der Waals surface area contributed by atoms with Crippen LogP contribution in [0.4, 0.5) is 0 Å². The zero-order valence-electron chi connectivity index (χ0n) is 10.3. The Labute approximate surface area is 105 Å². The third kappa shape index (κ3) is 2.51. The number of oxazole rings is 1. The zero-order valence-corrected chi connectivity index (χ0v) is 10.3. The summed E-state index contributed by atoms with van der Waals surface area (Å²) in [7, 11) is 1.53. The lowest BCUT2D eigenvalue weighted by Gasteiger charge is -2.08. The molecule has 94 valence electrons. The summed E-state index contributed by atoms with van der Waals surface area (Å²) >= 11 is 0. The maximum absolute atomic E-state index is 12.0. The second kappa shape index (κ2) is 5.35. The number of ether oxygens (including phenoxy) is 1. The van der Waals surface area contributed by atoms with Gasteiger partial charge >= 0.3 is 0 Å². The number of methoxy groups -OCH3 is 1. The van der Waals surface area contributed by atoms with E-state index in [0.29, 0.717) is 23.6 Å². The highest BCUT2D eigenvalue weighted by Gasteiger charge is 2.12. The molecule has 0 aliphatic rings. The quantitative estimate of drug-likeness (QED) is 0.895. The van der Waals surface area contributed by atoms with E-state index in [-0.39, 0.29) is 5.91 Å². The predicted octanol–water partition coefficient (Wildman–Crippen LogP) is 1.92. The molecular weight excluding hydrogens is 232 g/mol. The highest BCUT2D eigenvalue weighted by Crippen LogP contribution is 2.17. The lowest BCUT2D eigenvalue weighted by Crippen LogP contribution is -2.23. The van der Waals surface area contributed by atoms with Crippen LogP contribution in [-0.4, -0.2) is 18.0 Å². The summed E-state index contributed by atoms with van der Waals surface area (Å²) in [5.74, 6) is 0.991. The second-order valence-corrected chi connectivity index (χ2v) is 3.74. The molecule has 0 atom stereocenters. The summed E-state index contributed by atoms with van der Waals surface area (Å²) < 4.78 is 10.3. The minimum Gasteiger partial charge on any atom is -0.496 e. The van der Waals surface area contributed by atoms with Crippen molar-refractivity contribution in [3.05, 3.63) is 47.7 Å². The summed E-state index contributed by atoms with van der Waals surface area (Å²) in [6.45, 7) is 2.14. The van der Waals surface area contributed by atoms with E-state index in [9.17, 15) is 4.79 Å². The van der Waals surface area contributed by atoms with Gasteiger partial charge in [0.25, 0.3) is 5.91 Å². The molecular formula is C13H14N2O3. The second-order valence-electron chi connectivity index (χ2n) is 3.74. The number of rotatable bonds is 4. The van der Waals surface area contributed by atoms with Gasteiger partial charge in [-0.2, -0.15) is 0 Å². The number of hydrogen-bond donors (Lipinski definition) is 1. The first-order chi connectivity index (χ1) is 8.72. The zero-order chi connectivity index (χ0) is 13.0. The highest BCUT2D eigenvalue weighted by molar-refractivity contribution is 5.96. The SMILES string of the molecule is COc1ccccc1C(=O)NCc1ocnc1C. The number of amides is 1. The first-order valence-corrected chi connectivity index (χ1v) is 5.52. The average Bonchev–Trinajstić information content (AvgIpc) is 2.81. The molecule has 0 fully saturated rings. The van der Waals surface area contributed by atoms with Gasteiger partial charge in [0.05, 0.1) is 24.9 Å². The Kier molecular flexibility index (Phi) is 3.62. The summed E-state index contributed by atoms with van der Waals surface area (Å²) in [5, 5.41) is 2.76. The molecule has 5 nitrogen and oxygen atoms in total. The molecule has 0 unspecified atom stereocenters. The molecule has 2 aromatic rings. The number of nitrogens with zero attached hydrogens (tertiary/aromatic N) is 1. The van der Waals surface area contributed by atoms with Crippen LogP contribution in [0.2, 0.25) is 0 Å². The maximum Gasteiger partial charge on any atom is 0.255 e. The predicted molar refractivity (Wildman–Crippen MR) is 65.4 cm³/mol. The Morgan fingerprint density at radius 2 is 2.22 bits per heavy atom. The van der Waals surface area contributed by atoms with E-state index in [4.69, 9.17) is 9.15 Å². The van der Waals surface area contributed by atoms with Gasteiger partial charge in [-0.05, 0) is 19.1 Å². The molecule has 1 N–H and O–H groups in total. The Morgan fingerprint density at radius 1 is 1.44 bits per heavy atom. The van der Waals surface area contributed by atoms with E-state index in [1.807, 2.05) is 13.0 Å². The number of para-hydroxylation sites is 1. The van der Waals surface area contributed by atoms with Crippen molar-refractivity contribution in [2.75, 3.05) is 7.11 Å². The van der Waals surface area contributed by atoms with Crippen molar-refractivity contribution in [1.82, 2.24) is 10.3 Å². The van der Waals surface area contributed by atoms with E-state index >= 15 is 0 Å². The van der Waals surface area contributed by atoms with Crippen molar-refractivity contribution in [1.29, 1.82) is 0 Å². The van der Waals surface area contributed by atoms with Crippen LogP contribution in [0.25, 0.3) is 0 Å². The van der Waals surface area contributed by atoms with Crippen LogP contribution in [-0.2, 0) is 6.54 Å². The summed E-state index contributed by atoms with van der Waals surface area (Å²) in [6, 6.07) is 7.06. The van der Waals surface area contributed by atoms with Crippen molar-refractivity contribution in [2.24, 2.45) is 0 Å². The fraction of sp³-hybridized carbons (Fsp3) is 0.231. The number of hydrogen-bond acceptors (Lipinski definition) is 4. The largest absolute Gasteiger partial charge is 0.496 e. The minimum absolute atomic E-state index is 0.205. The molecule has 0 aliphatic carbocycles. The van der Waals surface area contributed by atoms with E-state index < -0.39 is 0 Å². The fourth-order valence-electron chi connectivity index (χ4n) is 1.58. The van der Waals surface area contributed by atoms with E-state index in [2.05, 4.69) is 10.3 Å². The third-order valence-electron chi connectivity index (χ3n) is 2.61. The molecule has 1 heterocycles. The minimum atomic E-state index is -0.205. The first kappa shape index (κ1) is 12.2. The van der Waals surface area contributed by atoms with Gasteiger partial charge in [-0.1, -0.05) is 12.1 Å². The van der Waals surface area contributed by atoms with Gasteiger partial charge in [-0.15, -0.1) is 0 Å². The van der Waals surface area contributed by atoms with Gasteiger partial charge in [0.2, 0.25) is 0 Å². The molecule has 0 bridgehead atoms. The van der Waals surface area contributed by atoms with E-state index in [1.165, 1.54) is 13.5 Å². The number of nitrogens with one attached hydrogen (secondary N) is 1. The number of benzene rings is 1. The third-order valence-corrected chi connectivity index (χ3v) is 2.61.